The summed E-state index contributed by atoms with van der Waals surface area (Å²) in [5.41, 5.74) is 1.64. The quantitative estimate of drug-likeness (QED) is 0.918. The van der Waals surface area contributed by atoms with Gasteiger partial charge in [-0.1, -0.05) is 24.6 Å². The van der Waals surface area contributed by atoms with Gasteiger partial charge >= 0.3 is 5.97 Å². The van der Waals surface area contributed by atoms with E-state index in [1.54, 1.807) is 23.1 Å². The van der Waals surface area contributed by atoms with Crippen LogP contribution >= 0.6 is 11.6 Å². The van der Waals surface area contributed by atoms with Crippen LogP contribution in [0.4, 0.5) is 0 Å². The molecule has 2 aliphatic rings. The smallest absolute Gasteiger partial charge is 0.356 e. The largest absolute Gasteiger partial charge is 0.476 e. The van der Waals surface area contributed by atoms with Crippen molar-refractivity contribution in [2.45, 2.75) is 25.8 Å². The molecule has 0 spiro atoms. The summed E-state index contributed by atoms with van der Waals surface area (Å²) in [7, 11) is 0. The lowest BCUT2D eigenvalue weighted by molar-refractivity contribution is 0.0449. The predicted octanol–water partition coefficient (Wildman–Crippen LogP) is 2.69. The van der Waals surface area contributed by atoms with Crippen LogP contribution in [0.5, 0.6) is 0 Å². The fourth-order valence-corrected chi connectivity index (χ4v) is 3.67. The van der Waals surface area contributed by atoms with Crippen LogP contribution < -0.4 is 0 Å². The minimum absolute atomic E-state index is 0.0252. The highest BCUT2D eigenvalue weighted by Gasteiger charge is 2.44. The zero-order valence-corrected chi connectivity index (χ0v) is 13.2. The lowest BCUT2D eigenvalue weighted by Crippen LogP contribution is -2.45. The van der Waals surface area contributed by atoms with Crippen molar-refractivity contribution in [3.63, 3.8) is 0 Å². The average molecular weight is 332 g/mol. The topological polar surface area (TPSA) is 75.4 Å². The van der Waals surface area contributed by atoms with E-state index in [1.807, 2.05) is 11.5 Å². The molecular formula is C16H14ClN3O3. The number of hydrogen-bond donors (Lipinski definition) is 1. The van der Waals surface area contributed by atoms with Crippen LogP contribution in [0.1, 0.15) is 51.8 Å². The second-order valence-corrected chi connectivity index (χ2v) is 6.10. The molecule has 23 heavy (non-hydrogen) atoms. The normalized spacial score (nSPS) is 18.6. The Labute approximate surface area is 137 Å². The molecule has 2 aromatic rings. The summed E-state index contributed by atoms with van der Waals surface area (Å²) in [5, 5.41) is 9.91. The van der Waals surface area contributed by atoms with Gasteiger partial charge in [-0.3, -0.25) is 9.36 Å². The Morgan fingerprint density at radius 3 is 2.87 bits per heavy atom. The molecule has 7 heteroatoms. The van der Waals surface area contributed by atoms with Gasteiger partial charge in [0, 0.05) is 13.0 Å². The van der Waals surface area contributed by atoms with Crippen LogP contribution in [-0.4, -0.2) is 38.0 Å². The summed E-state index contributed by atoms with van der Waals surface area (Å²) < 4.78 is 1.81. The van der Waals surface area contributed by atoms with Gasteiger partial charge in [0.05, 0.1) is 28.0 Å². The third-order valence-corrected chi connectivity index (χ3v) is 4.86. The highest BCUT2D eigenvalue weighted by molar-refractivity contribution is 6.34. The molecule has 0 radical (unpaired) electrons. The fourth-order valence-electron chi connectivity index (χ4n) is 3.42. The summed E-state index contributed by atoms with van der Waals surface area (Å²) >= 11 is 6.28. The predicted molar refractivity (Wildman–Crippen MR) is 83.3 cm³/mol. The first-order chi connectivity index (χ1) is 11.0. The molecule has 4 rings (SSSR count). The second-order valence-electron chi connectivity index (χ2n) is 5.69. The van der Waals surface area contributed by atoms with Crippen LogP contribution in [-0.2, 0) is 6.42 Å². The number of imidazole rings is 1. The van der Waals surface area contributed by atoms with Crippen LogP contribution in [0.3, 0.4) is 0 Å². The van der Waals surface area contributed by atoms with Gasteiger partial charge in [0.15, 0.2) is 5.69 Å². The van der Waals surface area contributed by atoms with E-state index in [2.05, 4.69) is 4.98 Å². The lowest BCUT2D eigenvalue weighted by atomic mass is 9.97. The number of benzene rings is 1. The number of halogens is 1. The highest BCUT2D eigenvalue weighted by Crippen LogP contribution is 2.43. The standard InChI is InChI=1S/C16H14ClN3O3/c1-2-11-18-13(16(22)23)14-10-6-7-19(10)15(21)12-8(17)4-3-5-9(12)20(11)14/h3-5,10H,2,6-7H2,1H3,(H,22,23)/t10-/m0/s1. The molecule has 1 saturated heterocycles. The van der Waals surface area contributed by atoms with Gasteiger partial charge in [0.1, 0.15) is 5.82 Å². The minimum atomic E-state index is -1.07. The fraction of sp³-hybridized carbons (Fsp3) is 0.312. The molecule has 1 aromatic heterocycles. The number of aryl methyl sites for hydroxylation is 1. The summed E-state index contributed by atoms with van der Waals surface area (Å²) in [6.07, 6.45) is 1.29. The number of hydrogen-bond acceptors (Lipinski definition) is 3. The van der Waals surface area contributed by atoms with Crippen molar-refractivity contribution in [1.82, 2.24) is 14.5 Å². The first-order valence-electron chi connectivity index (χ1n) is 7.49. The molecule has 1 amide bonds. The molecule has 0 saturated carbocycles. The van der Waals surface area contributed by atoms with Crippen LogP contribution in [0.15, 0.2) is 18.2 Å². The molecule has 1 atom stereocenters. The van der Waals surface area contributed by atoms with Crippen LogP contribution in [0, 0.1) is 0 Å². The van der Waals surface area contributed by atoms with Crippen molar-refractivity contribution in [2.24, 2.45) is 0 Å². The number of aromatic carboxylic acids is 1. The van der Waals surface area contributed by atoms with E-state index in [0.717, 1.165) is 6.42 Å². The number of aromatic nitrogens is 2. The van der Waals surface area contributed by atoms with Crippen molar-refractivity contribution >= 4 is 23.5 Å². The average Bonchev–Trinajstić information content (AvgIpc) is 2.81. The van der Waals surface area contributed by atoms with Crippen molar-refractivity contribution < 1.29 is 14.7 Å². The molecule has 1 N–H and O–H groups in total. The maximum Gasteiger partial charge on any atom is 0.356 e. The Bertz CT molecular complexity index is 858. The first-order valence-corrected chi connectivity index (χ1v) is 7.87. The van der Waals surface area contributed by atoms with Crippen LogP contribution in [0.25, 0.3) is 5.69 Å². The Kier molecular flexibility index (Phi) is 2.99. The molecule has 0 aliphatic carbocycles. The van der Waals surface area contributed by atoms with E-state index in [0.29, 0.717) is 40.8 Å². The second kappa shape index (κ2) is 4.83. The van der Waals surface area contributed by atoms with Gasteiger partial charge in [0.25, 0.3) is 5.91 Å². The third-order valence-electron chi connectivity index (χ3n) is 4.54. The molecule has 6 nitrogen and oxygen atoms in total. The molecular weight excluding hydrogens is 318 g/mol. The Morgan fingerprint density at radius 1 is 1.48 bits per heavy atom. The van der Waals surface area contributed by atoms with E-state index in [9.17, 15) is 14.7 Å². The molecule has 0 unspecified atom stereocenters. The number of nitrogens with zero attached hydrogens (tertiary/aromatic N) is 3. The van der Waals surface area contributed by atoms with Gasteiger partial charge in [0.2, 0.25) is 0 Å². The van der Waals surface area contributed by atoms with E-state index in [1.165, 1.54) is 0 Å². The molecule has 3 heterocycles. The number of carboxylic acid groups (broad SMARTS) is 1. The maximum absolute atomic E-state index is 12.8. The van der Waals surface area contributed by atoms with Gasteiger partial charge in [-0.05, 0) is 18.6 Å². The zero-order valence-electron chi connectivity index (χ0n) is 12.4. The Hall–Kier alpha value is -2.34. The third kappa shape index (κ3) is 1.78. The molecule has 2 aliphatic heterocycles. The van der Waals surface area contributed by atoms with E-state index >= 15 is 0 Å². The molecule has 118 valence electrons. The molecule has 1 aromatic carbocycles. The first kappa shape index (κ1) is 14.3. The lowest BCUT2D eigenvalue weighted by Gasteiger charge is -2.39. The number of rotatable bonds is 2. The molecule has 1 fully saturated rings. The minimum Gasteiger partial charge on any atom is -0.476 e. The van der Waals surface area contributed by atoms with E-state index in [-0.39, 0.29) is 17.6 Å². The summed E-state index contributed by atoms with van der Waals surface area (Å²) in [4.78, 5) is 30.5. The van der Waals surface area contributed by atoms with E-state index < -0.39 is 5.97 Å². The number of amides is 1. The van der Waals surface area contributed by atoms with Gasteiger partial charge in [-0.2, -0.15) is 0 Å². The Balaban J connectivity index is 2.12. The van der Waals surface area contributed by atoms with Crippen LogP contribution in [0.2, 0.25) is 5.02 Å². The summed E-state index contributed by atoms with van der Waals surface area (Å²) in [6.45, 7) is 2.51. The van der Waals surface area contributed by atoms with Crippen molar-refractivity contribution in [3.8, 4) is 5.69 Å². The summed E-state index contributed by atoms with van der Waals surface area (Å²) in [6, 6.07) is 4.98. The van der Waals surface area contributed by atoms with Crippen molar-refractivity contribution in [3.05, 3.63) is 46.0 Å². The van der Waals surface area contributed by atoms with Gasteiger partial charge in [-0.15, -0.1) is 0 Å². The maximum atomic E-state index is 12.8. The van der Waals surface area contributed by atoms with Gasteiger partial charge < -0.3 is 10.0 Å². The number of carboxylic acids is 1. The Morgan fingerprint density at radius 2 is 2.26 bits per heavy atom. The SMILES string of the molecule is CCc1nc(C(=O)O)c2n1-c1cccc(Cl)c1C(=O)N1CC[C@@H]21. The zero-order chi connectivity index (χ0) is 16.3. The highest BCUT2D eigenvalue weighted by atomic mass is 35.5. The number of fused-ring (bicyclic) bond motifs is 5. The molecule has 0 bridgehead atoms. The monoisotopic (exact) mass is 331 g/mol. The van der Waals surface area contributed by atoms with Crippen molar-refractivity contribution in [1.29, 1.82) is 0 Å². The van der Waals surface area contributed by atoms with E-state index in [4.69, 9.17) is 11.6 Å². The summed E-state index contributed by atoms with van der Waals surface area (Å²) in [5.74, 6) is -0.593. The van der Waals surface area contributed by atoms with Gasteiger partial charge in [-0.25, -0.2) is 9.78 Å². The number of carbonyl (C=O) groups is 2. The number of carbonyl (C=O) groups excluding carboxylic acids is 1. The van der Waals surface area contributed by atoms with Crippen molar-refractivity contribution in [2.75, 3.05) is 6.54 Å².